The molecule has 2 nitrogen and oxygen atoms in total. The van der Waals surface area contributed by atoms with Crippen LogP contribution >= 0.6 is 11.3 Å². The Bertz CT molecular complexity index is 3370. The Morgan fingerprint density at radius 2 is 1.15 bits per heavy atom. The highest BCUT2D eigenvalue weighted by atomic mass is 32.1. The minimum absolute atomic E-state index is 0.0508. The van der Waals surface area contributed by atoms with Crippen molar-refractivity contribution in [3.8, 4) is 33.4 Å². The maximum atomic E-state index is 2.77. The van der Waals surface area contributed by atoms with Crippen LogP contribution in [0.5, 0.6) is 0 Å². The number of hydrogen-bond acceptors (Lipinski definition) is 3. The van der Waals surface area contributed by atoms with Gasteiger partial charge in [0.25, 0.3) is 0 Å². The Balaban J connectivity index is 1.21. The molecular formula is C62H59BN2S. The fraction of sp³-hybridized carbons (Fsp3) is 0.290. The maximum absolute atomic E-state index is 2.77. The van der Waals surface area contributed by atoms with E-state index < -0.39 is 0 Å². The highest BCUT2D eigenvalue weighted by molar-refractivity contribution is 7.32. The topological polar surface area (TPSA) is 6.48 Å². The lowest BCUT2D eigenvalue weighted by atomic mass is 9.45. The molecule has 2 aliphatic heterocycles. The molecule has 0 saturated heterocycles. The molecule has 8 aromatic rings. The summed E-state index contributed by atoms with van der Waals surface area (Å²) < 4.78 is 2.82. The highest BCUT2D eigenvalue weighted by Crippen LogP contribution is 2.61. The molecule has 1 aromatic heterocycles. The smallest absolute Gasteiger partial charge is 0.343 e. The zero-order chi connectivity index (χ0) is 45.2. The number of anilines is 5. The van der Waals surface area contributed by atoms with Crippen molar-refractivity contribution in [3.05, 3.63) is 172 Å². The third-order valence-electron chi connectivity index (χ3n) is 17.0. The van der Waals surface area contributed by atoms with Gasteiger partial charge in [0, 0.05) is 54.0 Å². The van der Waals surface area contributed by atoms with E-state index in [0.29, 0.717) is 0 Å². The molecule has 0 saturated carbocycles. The minimum Gasteiger partial charge on any atom is -0.376 e. The molecule has 0 fully saturated rings. The van der Waals surface area contributed by atoms with Crippen molar-refractivity contribution in [3.63, 3.8) is 0 Å². The molecule has 0 spiro atoms. The first-order valence-corrected chi connectivity index (χ1v) is 25.5. The van der Waals surface area contributed by atoms with Crippen LogP contribution in [0.2, 0.25) is 0 Å². The van der Waals surface area contributed by atoms with Crippen molar-refractivity contribution in [1.82, 2.24) is 0 Å². The zero-order valence-electron chi connectivity index (χ0n) is 40.1. The lowest BCUT2D eigenvalue weighted by Crippen LogP contribution is -2.61. The molecular weight excluding hydrogens is 816 g/mol. The lowest BCUT2D eigenvalue weighted by Gasteiger charge is -2.47. The van der Waals surface area contributed by atoms with Crippen LogP contribution in [0.1, 0.15) is 127 Å². The van der Waals surface area contributed by atoms with Crippen LogP contribution in [-0.4, -0.2) is 6.85 Å². The average Bonchev–Trinajstić information content (AvgIpc) is 3.88. The summed E-state index contributed by atoms with van der Waals surface area (Å²) in [6.45, 7) is 22.0. The number of unbranched alkanes of at least 4 members (excludes halogenated alkanes) is 1. The number of benzene rings is 7. The van der Waals surface area contributed by atoms with E-state index in [4.69, 9.17) is 0 Å². The Hall–Kier alpha value is -5.84. The molecule has 326 valence electrons. The van der Waals surface area contributed by atoms with Gasteiger partial charge in [0.2, 0.25) is 0 Å². The predicted octanol–water partition coefficient (Wildman–Crippen LogP) is 15.9. The number of rotatable bonds is 5. The average molecular weight is 875 g/mol. The van der Waals surface area contributed by atoms with Gasteiger partial charge in [-0.15, -0.1) is 11.3 Å². The van der Waals surface area contributed by atoms with E-state index in [-0.39, 0.29) is 28.5 Å². The molecule has 5 aliphatic rings. The van der Waals surface area contributed by atoms with E-state index >= 15 is 0 Å². The summed E-state index contributed by atoms with van der Waals surface area (Å²) in [6, 6.07) is 52.6. The summed E-state index contributed by atoms with van der Waals surface area (Å²) in [7, 11) is 0. The van der Waals surface area contributed by atoms with E-state index in [1.54, 1.807) is 0 Å². The van der Waals surface area contributed by atoms with Gasteiger partial charge in [-0.3, -0.25) is 0 Å². The second-order valence-electron chi connectivity index (χ2n) is 22.6. The summed E-state index contributed by atoms with van der Waals surface area (Å²) in [5.41, 5.74) is 26.0. The third kappa shape index (κ3) is 5.31. The van der Waals surface area contributed by atoms with Gasteiger partial charge in [-0.1, -0.05) is 148 Å². The first-order chi connectivity index (χ1) is 31.7. The van der Waals surface area contributed by atoms with Crippen LogP contribution in [0.4, 0.5) is 28.4 Å². The van der Waals surface area contributed by atoms with Gasteiger partial charge in [0.1, 0.15) is 0 Å². The van der Waals surface area contributed by atoms with Crippen molar-refractivity contribution in [1.29, 1.82) is 0 Å². The molecule has 3 heterocycles. The monoisotopic (exact) mass is 874 g/mol. The SMILES string of the molecule is CCCCc1ccc(N2c3c4c(cc5c3C(C)(C)c3ccccc3-5)-c3cc5c(cc3N(c3ccccc3)B4c3sc4cc6c(cc4c32)C(C)(C)CCC6(C)C)C(C)(C)c2ccccc2-5)cc1. The molecule has 0 atom stereocenters. The fourth-order valence-corrected chi connectivity index (χ4v) is 14.7. The largest absolute Gasteiger partial charge is 0.376 e. The van der Waals surface area contributed by atoms with Crippen molar-refractivity contribution in [2.24, 2.45) is 0 Å². The fourth-order valence-electron chi connectivity index (χ4n) is 13.3. The van der Waals surface area contributed by atoms with E-state index in [1.165, 1.54) is 147 Å². The molecule has 4 heteroatoms. The van der Waals surface area contributed by atoms with Gasteiger partial charge in [-0.25, -0.2) is 0 Å². The predicted molar refractivity (Wildman–Crippen MR) is 285 cm³/mol. The van der Waals surface area contributed by atoms with Crippen LogP contribution in [0.15, 0.2) is 133 Å². The lowest BCUT2D eigenvalue weighted by molar-refractivity contribution is 0.332. The first-order valence-electron chi connectivity index (χ1n) is 24.7. The van der Waals surface area contributed by atoms with Crippen LogP contribution in [0.3, 0.4) is 0 Å². The van der Waals surface area contributed by atoms with E-state index in [9.17, 15) is 0 Å². The summed E-state index contributed by atoms with van der Waals surface area (Å²) in [4.78, 5) is 5.53. The zero-order valence-corrected chi connectivity index (χ0v) is 40.9. The van der Waals surface area contributed by atoms with Gasteiger partial charge >= 0.3 is 6.85 Å². The van der Waals surface area contributed by atoms with Crippen LogP contribution in [0, 0.1) is 0 Å². The molecule has 7 aromatic carbocycles. The number of nitrogens with zero attached hydrogens (tertiary/aromatic N) is 2. The Kier molecular flexibility index (Phi) is 8.35. The molecule has 3 aliphatic carbocycles. The molecule has 0 amide bonds. The van der Waals surface area contributed by atoms with Gasteiger partial charge in [0.05, 0.1) is 5.69 Å². The molecule has 0 N–H and O–H groups in total. The normalized spacial score (nSPS) is 17.9. The summed E-state index contributed by atoms with van der Waals surface area (Å²) in [5, 5.41) is 1.39. The number of aryl methyl sites for hydroxylation is 1. The van der Waals surface area contributed by atoms with Crippen molar-refractivity contribution < 1.29 is 0 Å². The number of hydrogen-bond donors (Lipinski definition) is 0. The van der Waals surface area contributed by atoms with Gasteiger partial charge in [-0.05, 0) is 163 Å². The van der Waals surface area contributed by atoms with E-state index in [1.807, 2.05) is 0 Å². The van der Waals surface area contributed by atoms with Gasteiger partial charge in [0.15, 0.2) is 0 Å². The quantitative estimate of drug-likeness (QED) is 0.159. The van der Waals surface area contributed by atoms with E-state index in [0.717, 1.165) is 6.42 Å². The van der Waals surface area contributed by atoms with Gasteiger partial charge < -0.3 is 9.71 Å². The Labute approximate surface area is 396 Å². The minimum atomic E-state index is -0.243. The summed E-state index contributed by atoms with van der Waals surface area (Å²) >= 11 is 2.05. The standard InChI is InChI=1S/C62H59BN2S/c1-10-11-19-37-26-28-38(29-27-37)64-56-46-34-50-51(60(4,5)31-30-59(50,2)3)36-53(46)66-58(56)63-55-45(33-44-41-23-16-18-25-48(41)62(8,9)54(44)57(55)64)43-32-42-40-22-15-17-24-47(40)61(6,7)49(42)35-52(43)65(63)39-20-13-12-14-21-39/h12-18,20-29,32-36H,10-11,19,30-31H2,1-9H3. The number of thiophene rings is 1. The molecule has 13 rings (SSSR count). The van der Waals surface area contributed by atoms with Crippen LogP contribution in [-0.2, 0) is 28.1 Å². The molecule has 66 heavy (non-hydrogen) atoms. The maximum Gasteiger partial charge on any atom is 0.343 e. The van der Waals surface area contributed by atoms with E-state index in [2.05, 4.69) is 217 Å². The second-order valence-corrected chi connectivity index (χ2v) is 23.6. The Morgan fingerprint density at radius 1 is 0.530 bits per heavy atom. The Morgan fingerprint density at radius 3 is 1.85 bits per heavy atom. The van der Waals surface area contributed by atoms with Crippen LogP contribution in [0.25, 0.3) is 43.5 Å². The van der Waals surface area contributed by atoms with Crippen molar-refractivity contribution in [2.45, 2.75) is 116 Å². The van der Waals surface area contributed by atoms with Gasteiger partial charge in [-0.2, -0.15) is 0 Å². The van der Waals surface area contributed by atoms with Crippen molar-refractivity contribution >= 4 is 66.9 Å². The first kappa shape index (κ1) is 40.4. The molecule has 0 radical (unpaired) electrons. The highest BCUT2D eigenvalue weighted by Gasteiger charge is 2.52. The third-order valence-corrected chi connectivity index (χ3v) is 18.2. The van der Waals surface area contributed by atoms with Crippen molar-refractivity contribution in [2.75, 3.05) is 9.71 Å². The number of fused-ring (bicyclic) bond motifs is 14. The molecule has 0 bridgehead atoms. The molecule has 0 unspecified atom stereocenters. The summed E-state index contributed by atoms with van der Waals surface area (Å²) in [6.07, 6.45) is 5.89. The summed E-state index contributed by atoms with van der Waals surface area (Å²) in [5.74, 6) is 0. The van der Waals surface area contributed by atoms with Crippen LogP contribution < -0.4 is 20.0 Å². The second kappa shape index (κ2) is 13.6. The number of para-hydroxylation sites is 1.